The van der Waals surface area contributed by atoms with Gasteiger partial charge >= 0.3 is 0 Å². The number of nitrogens with zero attached hydrogens (tertiary/aromatic N) is 1. The summed E-state index contributed by atoms with van der Waals surface area (Å²) in [5.41, 5.74) is -0.543. The van der Waals surface area contributed by atoms with E-state index in [1.165, 1.54) is 0 Å². The van der Waals surface area contributed by atoms with E-state index >= 15 is 0 Å². The summed E-state index contributed by atoms with van der Waals surface area (Å²) in [7, 11) is 0. The maximum Gasteiger partial charge on any atom is 0.226 e. The molecule has 0 radical (unpaired) electrons. The van der Waals surface area contributed by atoms with Crippen LogP contribution in [0.1, 0.15) is 54.4 Å². The largest absolute Gasteiger partial charge is 0.353 e. The van der Waals surface area contributed by atoms with Crippen molar-refractivity contribution < 1.29 is 9.59 Å². The molecule has 1 N–H and O–H groups in total. The van der Waals surface area contributed by atoms with E-state index in [1.807, 2.05) is 46.4 Å². The van der Waals surface area contributed by atoms with E-state index in [0.29, 0.717) is 0 Å². The minimum Gasteiger partial charge on any atom is -0.353 e. The van der Waals surface area contributed by atoms with Gasteiger partial charge in [-0.05, 0) is 32.6 Å². The van der Waals surface area contributed by atoms with Crippen LogP contribution in [0.3, 0.4) is 0 Å². The molecule has 4 nitrogen and oxygen atoms in total. The summed E-state index contributed by atoms with van der Waals surface area (Å²) in [4.78, 5) is 26.7. The number of nitrogens with one attached hydrogen (secondary N) is 1. The van der Waals surface area contributed by atoms with Crippen LogP contribution in [0.4, 0.5) is 0 Å². The summed E-state index contributed by atoms with van der Waals surface area (Å²) >= 11 is 0. The van der Waals surface area contributed by atoms with Crippen LogP contribution in [0.5, 0.6) is 0 Å². The number of carbonyl (C=O) groups is 2. The number of carbonyl (C=O) groups excluding carboxylic acids is 2. The number of amides is 2. The molecular weight excluding hydrogens is 252 g/mol. The van der Waals surface area contributed by atoms with E-state index < -0.39 is 5.41 Å². The monoisotopic (exact) mass is 282 g/mol. The molecule has 1 fully saturated rings. The zero-order valence-corrected chi connectivity index (χ0v) is 13.8. The van der Waals surface area contributed by atoms with Gasteiger partial charge in [-0.1, -0.05) is 27.7 Å². The van der Waals surface area contributed by atoms with E-state index in [0.717, 1.165) is 25.9 Å². The predicted octanol–water partition coefficient (Wildman–Crippen LogP) is 2.43. The second kappa shape index (κ2) is 6.59. The topological polar surface area (TPSA) is 49.4 Å². The van der Waals surface area contributed by atoms with Crippen molar-refractivity contribution in [2.75, 3.05) is 13.1 Å². The smallest absolute Gasteiger partial charge is 0.226 e. The number of likely N-dealkylation sites (tertiary alicyclic amines) is 1. The normalized spacial score (nSPS) is 19.1. The Morgan fingerprint density at radius 1 is 1.05 bits per heavy atom. The van der Waals surface area contributed by atoms with E-state index in [9.17, 15) is 9.59 Å². The van der Waals surface area contributed by atoms with Crippen LogP contribution in [0.2, 0.25) is 0 Å². The lowest BCUT2D eigenvalue weighted by Crippen LogP contribution is -2.48. The Labute approximate surface area is 123 Å². The first-order valence-electron chi connectivity index (χ1n) is 7.77. The average molecular weight is 282 g/mol. The van der Waals surface area contributed by atoms with Crippen molar-refractivity contribution in [1.29, 1.82) is 0 Å². The van der Waals surface area contributed by atoms with Crippen molar-refractivity contribution in [2.24, 2.45) is 17.3 Å². The van der Waals surface area contributed by atoms with Crippen molar-refractivity contribution in [3.63, 3.8) is 0 Å². The van der Waals surface area contributed by atoms with Crippen LogP contribution in [0.15, 0.2) is 0 Å². The van der Waals surface area contributed by atoms with Crippen molar-refractivity contribution in [3.8, 4) is 0 Å². The second-order valence-electron chi connectivity index (χ2n) is 6.96. The molecule has 0 aromatic heterocycles. The van der Waals surface area contributed by atoms with Crippen molar-refractivity contribution >= 4 is 11.8 Å². The summed E-state index contributed by atoms with van der Waals surface area (Å²) in [5, 5.41) is 2.96. The third kappa shape index (κ3) is 3.74. The van der Waals surface area contributed by atoms with Gasteiger partial charge in [0.1, 0.15) is 0 Å². The molecule has 2 atom stereocenters. The molecule has 2 unspecified atom stereocenters. The minimum atomic E-state index is -0.543. The summed E-state index contributed by atoms with van der Waals surface area (Å²) in [6.45, 7) is 13.5. The lowest BCUT2D eigenvalue weighted by Gasteiger charge is -2.36. The Bertz CT molecular complexity index is 357. The molecule has 2 amide bonds. The predicted molar refractivity (Wildman–Crippen MR) is 81.2 cm³/mol. The van der Waals surface area contributed by atoms with E-state index in [4.69, 9.17) is 0 Å². The Balaban J connectivity index is 2.72. The number of hydrogen-bond donors (Lipinski definition) is 1. The van der Waals surface area contributed by atoms with Gasteiger partial charge in [0, 0.05) is 30.5 Å². The van der Waals surface area contributed by atoms with Crippen LogP contribution in [-0.4, -0.2) is 35.8 Å². The van der Waals surface area contributed by atoms with Gasteiger partial charge in [-0.3, -0.25) is 9.59 Å². The zero-order chi connectivity index (χ0) is 15.5. The molecule has 0 spiro atoms. The third-order valence-corrected chi connectivity index (χ3v) is 4.70. The van der Waals surface area contributed by atoms with E-state index in [2.05, 4.69) is 5.32 Å². The average Bonchev–Trinajstić information content (AvgIpc) is 2.88. The molecule has 1 aliphatic rings. The van der Waals surface area contributed by atoms with E-state index in [1.54, 1.807) is 0 Å². The van der Waals surface area contributed by atoms with Gasteiger partial charge in [-0.25, -0.2) is 0 Å². The third-order valence-electron chi connectivity index (χ3n) is 4.70. The van der Waals surface area contributed by atoms with Crippen LogP contribution in [0, 0.1) is 17.3 Å². The Hall–Kier alpha value is -1.06. The fourth-order valence-electron chi connectivity index (χ4n) is 2.72. The molecule has 1 aliphatic heterocycles. The maximum absolute atomic E-state index is 12.5. The molecule has 1 saturated heterocycles. The Morgan fingerprint density at radius 2 is 1.55 bits per heavy atom. The van der Waals surface area contributed by atoms with Crippen molar-refractivity contribution in [1.82, 2.24) is 10.2 Å². The molecule has 4 heteroatoms. The highest BCUT2D eigenvalue weighted by molar-refractivity contribution is 5.84. The molecule has 1 rings (SSSR count). The first-order chi connectivity index (χ1) is 9.17. The standard InChI is InChI=1S/C16H30N2O2/c1-11(2)17-15(20)16(5,6)13(4)12(3)14(19)18-9-7-8-10-18/h11-13H,7-10H2,1-6H3,(H,17,20). The van der Waals surface area contributed by atoms with Gasteiger partial charge in [0.05, 0.1) is 0 Å². The quantitative estimate of drug-likeness (QED) is 0.842. The highest BCUT2D eigenvalue weighted by atomic mass is 16.2. The van der Waals surface area contributed by atoms with Crippen molar-refractivity contribution in [3.05, 3.63) is 0 Å². The molecule has 0 saturated carbocycles. The Kier molecular flexibility index (Phi) is 5.60. The summed E-state index contributed by atoms with van der Waals surface area (Å²) < 4.78 is 0. The fourth-order valence-corrected chi connectivity index (χ4v) is 2.72. The first kappa shape index (κ1) is 17.0. The van der Waals surface area contributed by atoms with Gasteiger partial charge < -0.3 is 10.2 Å². The summed E-state index contributed by atoms with van der Waals surface area (Å²) in [5.74, 6) is 0.108. The minimum absolute atomic E-state index is 0.00866. The first-order valence-corrected chi connectivity index (χ1v) is 7.77. The molecular formula is C16H30N2O2. The highest BCUT2D eigenvalue weighted by Gasteiger charge is 2.40. The SMILES string of the molecule is CC(C)NC(=O)C(C)(C)C(C)C(C)C(=O)N1CCCC1. The van der Waals surface area contributed by atoms with Crippen molar-refractivity contribution in [2.45, 2.75) is 60.4 Å². The van der Waals surface area contributed by atoms with Gasteiger partial charge in [0.25, 0.3) is 0 Å². The van der Waals surface area contributed by atoms with Crippen LogP contribution in [-0.2, 0) is 9.59 Å². The molecule has 0 aromatic rings. The lowest BCUT2D eigenvalue weighted by molar-refractivity contribution is -0.140. The lowest BCUT2D eigenvalue weighted by atomic mass is 9.72. The van der Waals surface area contributed by atoms with Gasteiger partial charge in [-0.2, -0.15) is 0 Å². The van der Waals surface area contributed by atoms with E-state index in [-0.39, 0.29) is 29.7 Å². The maximum atomic E-state index is 12.5. The summed E-state index contributed by atoms with van der Waals surface area (Å²) in [6.07, 6.45) is 2.20. The number of rotatable bonds is 5. The molecule has 0 aliphatic carbocycles. The Morgan fingerprint density at radius 3 is 2.00 bits per heavy atom. The molecule has 0 aromatic carbocycles. The van der Waals surface area contributed by atoms with Gasteiger partial charge in [0.2, 0.25) is 11.8 Å². The van der Waals surface area contributed by atoms with Gasteiger partial charge in [0.15, 0.2) is 0 Å². The fraction of sp³-hybridized carbons (Fsp3) is 0.875. The number of hydrogen-bond acceptors (Lipinski definition) is 2. The van der Waals surface area contributed by atoms with Gasteiger partial charge in [-0.15, -0.1) is 0 Å². The molecule has 116 valence electrons. The second-order valence-corrected chi connectivity index (χ2v) is 6.96. The van der Waals surface area contributed by atoms with Crippen LogP contribution < -0.4 is 5.32 Å². The molecule has 1 heterocycles. The molecule has 0 bridgehead atoms. The summed E-state index contributed by atoms with van der Waals surface area (Å²) in [6, 6.07) is 0.124. The van der Waals surface area contributed by atoms with Crippen LogP contribution in [0.25, 0.3) is 0 Å². The molecule has 20 heavy (non-hydrogen) atoms. The zero-order valence-electron chi connectivity index (χ0n) is 13.8. The highest BCUT2D eigenvalue weighted by Crippen LogP contribution is 2.34. The van der Waals surface area contributed by atoms with Crippen LogP contribution >= 0.6 is 0 Å².